The van der Waals surface area contributed by atoms with Crippen molar-refractivity contribution in [2.24, 2.45) is 11.7 Å². The van der Waals surface area contributed by atoms with Gasteiger partial charge in [-0.05, 0) is 18.8 Å². The second-order valence-corrected chi connectivity index (χ2v) is 5.14. The number of carbonyl (C=O) groups is 1. The minimum absolute atomic E-state index is 0.0600. The summed E-state index contributed by atoms with van der Waals surface area (Å²) < 4.78 is 0. The molecule has 1 saturated carbocycles. The van der Waals surface area contributed by atoms with Gasteiger partial charge in [0.25, 0.3) is 0 Å². The number of hydrogen-bond acceptors (Lipinski definition) is 3. The number of H-pyrrole nitrogens is 1. The van der Waals surface area contributed by atoms with E-state index in [1.165, 1.54) is 32.1 Å². The van der Waals surface area contributed by atoms with E-state index < -0.39 is 6.04 Å². The molecule has 4 N–H and O–H groups in total. The summed E-state index contributed by atoms with van der Waals surface area (Å²) in [5.41, 5.74) is 6.76. The average Bonchev–Trinajstić information content (AvgIpc) is 2.90. The first-order valence-corrected chi connectivity index (χ1v) is 6.76. The van der Waals surface area contributed by atoms with Crippen LogP contribution in [0.3, 0.4) is 0 Å². The molecular weight excluding hydrogens is 228 g/mol. The lowest BCUT2D eigenvalue weighted by Crippen LogP contribution is -2.43. The van der Waals surface area contributed by atoms with Crippen molar-refractivity contribution < 1.29 is 4.79 Å². The summed E-state index contributed by atoms with van der Waals surface area (Å²) in [4.78, 5) is 18.7. The zero-order valence-electron chi connectivity index (χ0n) is 10.7. The Morgan fingerprint density at radius 3 is 2.94 bits per heavy atom. The quantitative estimate of drug-likeness (QED) is 0.728. The number of imidazole rings is 1. The van der Waals surface area contributed by atoms with Crippen molar-refractivity contribution in [2.75, 3.05) is 6.54 Å². The summed E-state index contributed by atoms with van der Waals surface area (Å²) >= 11 is 0. The Bertz CT molecular complexity index is 357. The summed E-state index contributed by atoms with van der Waals surface area (Å²) in [6.07, 6.45) is 10.2. The van der Waals surface area contributed by atoms with Crippen LogP contribution in [0.1, 0.15) is 37.8 Å². The number of aromatic amines is 1. The molecule has 0 unspecified atom stereocenters. The highest BCUT2D eigenvalue weighted by Crippen LogP contribution is 2.22. The van der Waals surface area contributed by atoms with Crippen molar-refractivity contribution in [2.45, 2.75) is 44.6 Å². The van der Waals surface area contributed by atoms with Crippen molar-refractivity contribution in [1.29, 1.82) is 0 Å². The normalized spacial score (nSPS) is 18.5. The number of aromatic nitrogens is 2. The van der Waals surface area contributed by atoms with Crippen molar-refractivity contribution in [3.8, 4) is 0 Å². The third-order valence-electron chi connectivity index (χ3n) is 3.62. The highest BCUT2D eigenvalue weighted by Gasteiger charge is 2.18. The SMILES string of the molecule is N[C@@H](Cc1cnc[nH]1)C(=O)NCC1CCCCC1. The molecule has 0 bridgehead atoms. The molecule has 0 radical (unpaired) electrons. The van der Waals surface area contributed by atoms with Gasteiger partial charge in [0.15, 0.2) is 0 Å². The highest BCUT2D eigenvalue weighted by atomic mass is 16.2. The smallest absolute Gasteiger partial charge is 0.237 e. The van der Waals surface area contributed by atoms with Crippen LogP contribution in [0.15, 0.2) is 12.5 Å². The van der Waals surface area contributed by atoms with Gasteiger partial charge in [-0.2, -0.15) is 0 Å². The van der Waals surface area contributed by atoms with Crippen LogP contribution in [0.2, 0.25) is 0 Å². The Balaban J connectivity index is 1.70. The lowest BCUT2D eigenvalue weighted by molar-refractivity contribution is -0.122. The summed E-state index contributed by atoms with van der Waals surface area (Å²) in [6.45, 7) is 0.773. The lowest BCUT2D eigenvalue weighted by Gasteiger charge is -2.22. The predicted octanol–water partition coefficient (Wildman–Crippen LogP) is 0.976. The van der Waals surface area contributed by atoms with Gasteiger partial charge in [-0.25, -0.2) is 4.98 Å². The molecule has 1 aromatic rings. The molecule has 1 atom stereocenters. The Labute approximate surface area is 108 Å². The van der Waals surface area contributed by atoms with Crippen LogP contribution in [0.4, 0.5) is 0 Å². The average molecular weight is 250 g/mol. The van der Waals surface area contributed by atoms with Crippen LogP contribution in [0.25, 0.3) is 0 Å². The van der Waals surface area contributed by atoms with E-state index in [4.69, 9.17) is 5.73 Å². The molecule has 2 rings (SSSR count). The second-order valence-electron chi connectivity index (χ2n) is 5.14. The molecule has 1 heterocycles. The van der Waals surface area contributed by atoms with Crippen LogP contribution in [0.5, 0.6) is 0 Å². The minimum Gasteiger partial charge on any atom is -0.354 e. The molecule has 0 saturated heterocycles. The lowest BCUT2D eigenvalue weighted by atomic mass is 9.89. The van der Waals surface area contributed by atoms with Gasteiger partial charge in [0, 0.05) is 24.9 Å². The fourth-order valence-corrected chi connectivity index (χ4v) is 2.49. The van der Waals surface area contributed by atoms with E-state index in [1.54, 1.807) is 12.5 Å². The number of hydrogen-bond donors (Lipinski definition) is 3. The number of amides is 1. The third-order valence-corrected chi connectivity index (χ3v) is 3.62. The van der Waals surface area contributed by atoms with E-state index in [0.717, 1.165) is 12.2 Å². The van der Waals surface area contributed by atoms with Gasteiger partial charge in [0.05, 0.1) is 12.4 Å². The monoisotopic (exact) mass is 250 g/mol. The Morgan fingerprint density at radius 1 is 1.50 bits per heavy atom. The van der Waals surface area contributed by atoms with Crippen molar-refractivity contribution in [1.82, 2.24) is 15.3 Å². The van der Waals surface area contributed by atoms with Crippen molar-refractivity contribution in [3.05, 3.63) is 18.2 Å². The Kier molecular flexibility index (Phi) is 4.75. The summed E-state index contributed by atoms with van der Waals surface area (Å²) in [7, 11) is 0. The minimum atomic E-state index is -0.492. The first kappa shape index (κ1) is 13.1. The fraction of sp³-hybridized carbons (Fsp3) is 0.692. The summed E-state index contributed by atoms with van der Waals surface area (Å²) in [6, 6.07) is -0.492. The maximum Gasteiger partial charge on any atom is 0.237 e. The molecule has 1 fully saturated rings. The van der Waals surface area contributed by atoms with Gasteiger partial charge in [-0.15, -0.1) is 0 Å². The van der Waals surface area contributed by atoms with Crippen LogP contribution >= 0.6 is 0 Å². The van der Waals surface area contributed by atoms with E-state index in [9.17, 15) is 4.79 Å². The molecule has 1 aromatic heterocycles. The van der Waals surface area contributed by atoms with Crippen molar-refractivity contribution >= 4 is 5.91 Å². The molecule has 5 heteroatoms. The first-order chi connectivity index (χ1) is 8.75. The molecular formula is C13H22N4O. The van der Waals surface area contributed by atoms with Crippen LogP contribution in [-0.4, -0.2) is 28.5 Å². The third kappa shape index (κ3) is 3.84. The largest absolute Gasteiger partial charge is 0.354 e. The molecule has 100 valence electrons. The van der Waals surface area contributed by atoms with E-state index >= 15 is 0 Å². The van der Waals surface area contributed by atoms with Crippen molar-refractivity contribution in [3.63, 3.8) is 0 Å². The highest BCUT2D eigenvalue weighted by molar-refractivity contribution is 5.81. The standard InChI is InChI=1S/C13H22N4O/c14-12(6-11-8-15-9-17-11)13(18)16-7-10-4-2-1-3-5-10/h8-10,12H,1-7,14H2,(H,15,17)(H,16,18)/t12-/m0/s1. The number of carbonyl (C=O) groups excluding carboxylic acids is 1. The Hall–Kier alpha value is -1.36. The molecule has 0 aromatic carbocycles. The zero-order valence-corrected chi connectivity index (χ0v) is 10.7. The maximum absolute atomic E-state index is 11.8. The van der Waals surface area contributed by atoms with E-state index in [0.29, 0.717) is 12.3 Å². The summed E-state index contributed by atoms with van der Waals surface area (Å²) in [5, 5.41) is 2.97. The number of rotatable bonds is 5. The molecule has 0 spiro atoms. The van der Waals surface area contributed by atoms with Gasteiger partial charge in [0.2, 0.25) is 5.91 Å². The molecule has 0 aliphatic heterocycles. The molecule has 5 nitrogen and oxygen atoms in total. The zero-order chi connectivity index (χ0) is 12.8. The van der Waals surface area contributed by atoms with Gasteiger partial charge in [-0.3, -0.25) is 4.79 Å². The number of nitrogens with one attached hydrogen (secondary N) is 2. The van der Waals surface area contributed by atoms with E-state index in [1.807, 2.05) is 0 Å². The van der Waals surface area contributed by atoms with Crippen LogP contribution in [-0.2, 0) is 11.2 Å². The van der Waals surface area contributed by atoms with Gasteiger partial charge < -0.3 is 16.0 Å². The van der Waals surface area contributed by atoms with Crippen LogP contribution in [0, 0.1) is 5.92 Å². The summed E-state index contributed by atoms with van der Waals surface area (Å²) in [5.74, 6) is 0.581. The number of nitrogens with two attached hydrogens (primary N) is 1. The Morgan fingerprint density at radius 2 is 2.28 bits per heavy atom. The molecule has 18 heavy (non-hydrogen) atoms. The predicted molar refractivity (Wildman–Crippen MR) is 69.9 cm³/mol. The van der Waals surface area contributed by atoms with Gasteiger partial charge in [0.1, 0.15) is 0 Å². The van der Waals surface area contributed by atoms with Gasteiger partial charge in [-0.1, -0.05) is 19.3 Å². The topological polar surface area (TPSA) is 83.8 Å². The molecule has 1 amide bonds. The van der Waals surface area contributed by atoms with E-state index in [-0.39, 0.29) is 5.91 Å². The van der Waals surface area contributed by atoms with E-state index in [2.05, 4.69) is 15.3 Å². The fourth-order valence-electron chi connectivity index (χ4n) is 2.49. The molecule has 1 aliphatic rings. The number of nitrogens with zero attached hydrogens (tertiary/aromatic N) is 1. The molecule has 1 aliphatic carbocycles. The first-order valence-electron chi connectivity index (χ1n) is 6.76. The van der Waals surface area contributed by atoms with Crippen LogP contribution < -0.4 is 11.1 Å². The second kappa shape index (κ2) is 6.54. The maximum atomic E-state index is 11.8. The van der Waals surface area contributed by atoms with Gasteiger partial charge >= 0.3 is 0 Å².